The van der Waals surface area contributed by atoms with E-state index in [1.54, 1.807) is 32.6 Å². The number of hydrogen-bond donors (Lipinski definition) is 2. The van der Waals surface area contributed by atoms with E-state index in [1.165, 1.54) is 11.7 Å². The summed E-state index contributed by atoms with van der Waals surface area (Å²) < 4.78 is 51.6. The summed E-state index contributed by atoms with van der Waals surface area (Å²) in [7, 11) is 1.34. The molecule has 1 unspecified atom stereocenters. The highest BCUT2D eigenvalue weighted by molar-refractivity contribution is 7.44. The summed E-state index contributed by atoms with van der Waals surface area (Å²) in [6.45, 7) is 12.0. The molecule has 2 aromatic heterocycles. The van der Waals surface area contributed by atoms with Crippen molar-refractivity contribution in [3.05, 3.63) is 172 Å². The van der Waals surface area contributed by atoms with Crippen LogP contribution in [0.2, 0.25) is 0 Å². The summed E-state index contributed by atoms with van der Waals surface area (Å²) in [6, 6.07) is 46.9. The fraction of sp³-hybridized carbons (Fsp3) is 0.328. The van der Waals surface area contributed by atoms with E-state index in [-0.39, 0.29) is 61.3 Å². The number of nitriles is 1. The van der Waals surface area contributed by atoms with Crippen molar-refractivity contribution in [2.45, 2.75) is 96.8 Å². The molecule has 2 N–H and O–H groups in total. The number of fused-ring (bicyclic) bond motifs is 1. The Bertz CT molecular complexity index is 3550. The monoisotopic (exact) mass is 1070 g/mol. The minimum absolute atomic E-state index is 0.0267. The second kappa shape index (κ2) is 23.3. The van der Waals surface area contributed by atoms with Crippen LogP contribution >= 0.6 is 8.53 Å². The Morgan fingerprint density at radius 2 is 1.41 bits per heavy atom. The molecule has 10 rings (SSSR count). The van der Waals surface area contributed by atoms with Crippen molar-refractivity contribution in [3.8, 4) is 17.6 Å². The standard InChI is InChI=1S/C61H64N7O9P/c1-37(2)57(69)65-60-64-56-53(58(70)66-60)63-36-67(56)59-55(73-34-43-21-20-42-19-18-40-14-12-15-41-22-31-49(43)52(42)51(40)41)54(77-78(75-33-13-32-62)68(38(3)4)39(5)6)50(76-59)35-74-61(44-16-10-9-11-17-44,45-23-27-47(71-7)28-24-45)46-25-29-48(72-8)30-26-46/h9-12,14-31,36-39,50,54-55,59H,13,33-35H2,1-8H3,(H2,64,65,66,69,70)/t50-,54-,55-,59-,78?/m1/s1. The number of aromatic nitrogens is 4. The van der Waals surface area contributed by atoms with Crippen LogP contribution in [0.3, 0.4) is 0 Å². The molecule has 0 spiro atoms. The Balaban J connectivity index is 1.15. The first kappa shape index (κ1) is 54.1. The first-order valence-corrected chi connectivity index (χ1v) is 27.4. The summed E-state index contributed by atoms with van der Waals surface area (Å²) in [5.41, 5.74) is 1.74. The van der Waals surface area contributed by atoms with Gasteiger partial charge in [-0.1, -0.05) is 123 Å². The Morgan fingerprint density at radius 1 is 0.795 bits per heavy atom. The van der Waals surface area contributed by atoms with Crippen molar-refractivity contribution in [1.82, 2.24) is 24.2 Å². The van der Waals surface area contributed by atoms with Gasteiger partial charge in [-0.05, 0) is 107 Å². The first-order valence-electron chi connectivity index (χ1n) is 26.3. The van der Waals surface area contributed by atoms with Gasteiger partial charge in [0.1, 0.15) is 35.4 Å². The Labute approximate surface area is 454 Å². The number of methoxy groups -OCH3 is 2. The fourth-order valence-electron chi connectivity index (χ4n) is 10.6. The van der Waals surface area contributed by atoms with E-state index in [4.69, 9.17) is 37.7 Å². The van der Waals surface area contributed by atoms with E-state index in [0.717, 1.165) is 49.2 Å². The number of ether oxygens (including phenoxy) is 5. The van der Waals surface area contributed by atoms with Gasteiger partial charge in [0.15, 0.2) is 17.4 Å². The Morgan fingerprint density at radius 3 is 2.03 bits per heavy atom. The molecule has 0 bridgehead atoms. The number of H-pyrrole nitrogens is 1. The molecule has 1 amide bonds. The summed E-state index contributed by atoms with van der Waals surface area (Å²) in [6.07, 6.45) is -2.27. The van der Waals surface area contributed by atoms with Gasteiger partial charge in [0.05, 0.1) is 52.9 Å². The van der Waals surface area contributed by atoms with Gasteiger partial charge in [0.2, 0.25) is 11.9 Å². The topological polar surface area (TPSA) is 184 Å². The second-order valence-corrected chi connectivity index (χ2v) is 21.6. The number of carbonyl (C=O) groups is 1. The van der Waals surface area contributed by atoms with E-state index < -0.39 is 50.1 Å². The van der Waals surface area contributed by atoms with Gasteiger partial charge in [0.25, 0.3) is 14.1 Å². The molecule has 1 fully saturated rings. The average molecular weight is 1070 g/mol. The lowest BCUT2D eigenvalue weighted by atomic mass is 9.80. The first-order chi connectivity index (χ1) is 37.8. The smallest absolute Gasteiger partial charge is 0.280 e. The zero-order chi connectivity index (χ0) is 54.7. The zero-order valence-electron chi connectivity index (χ0n) is 45.0. The third-order valence-corrected chi connectivity index (χ3v) is 16.4. The minimum Gasteiger partial charge on any atom is -0.497 e. The highest BCUT2D eigenvalue weighted by atomic mass is 31.2. The molecular weight excluding hydrogens is 1010 g/mol. The number of hydrogen-bond acceptors (Lipinski definition) is 13. The van der Waals surface area contributed by atoms with Crippen LogP contribution in [-0.4, -0.2) is 87.9 Å². The maximum atomic E-state index is 13.8. The molecule has 402 valence electrons. The van der Waals surface area contributed by atoms with E-state index in [9.17, 15) is 14.9 Å². The van der Waals surface area contributed by atoms with Crippen LogP contribution in [0.15, 0.2) is 145 Å². The van der Waals surface area contributed by atoms with Crippen LogP contribution in [0.5, 0.6) is 11.5 Å². The number of carbonyl (C=O) groups excluding carboxylic acids is 1. The van der Waals surface area contributed by atoms with Crippen LogP contribution in [0.25, 0.3) is 43.5 Å². The maximum absolute atomic E-state index is 13.8. The number of nitrogens with zero attached hydrogens (tertiary/aromatic N) is 5. The quantitative estimate of drug-likeness (QED) is 0.0283. The van der Waals surface area contributed by atoms with Crippen molar-refractivity contribution in [1.29, 1.82) is 5.26 Å². The second-order valence-electron chi connectivity index (χ2n) is 20.2. The average Bonchev–Trinajstić information content (AvgIpc) is 4.19. The van der Waals surface area contributed by atoms with Crippen molar-refractivity contribution < 1.29 is 37.5 Å². The van der Waals surface area contributed by atoms with Gasteiger partial charge in [-0.2, -0.15) is 10.2 Å². The molecule has 7 aromatic carbocycles. The third kappa shape index (κ3) is 10.6. The maximum Gasteiger partial charge on any atom is 0.280 e. The van der Waals surface area contributed by atoms with E-state index in [2.05, 4.69) is 108 Å². The number of amides is 1. The van der Waals surface area contributed by atoms with E-state index >= 15 is 0 Å². The van der Waals surface area contributed by atoms with Gasteiger partial charge in [-0.15, -0.1) is 0 Å². The summed E-state index contributed by atoms with van der Waals surface area (Å²) in [5.74, 6) is 0.571. The molecule has 16 nitrogen and oxygen atoms in total. The van der Waals surface area contributed by atoms with Crippen molar-refractivity contribution >= 4 is 63.9 Å². The van der Waals surface area contributed by atoms with E-state index in [0.29, 0.717) is 11.5 Å². The van der Waals surface area contributed by atoms with Crippen molar-refractivity contribution in [3.63, 3.8) is 0 Å². The lowest BCUT2D eigenvalue weighted by molar-refractivity contribution is -0.118. The van der Waals surface area contributed by atoms with Crippen LogP contribution < -0.4 is 20.3 Å². The molecule has 9 aromatic rings. The van der Waals surface area contributed by atoms with Crippen LogP contribution in [0.4, 0.5) is 5.95 Å². The van der Waals surface area contributed by atoms with Gasteiger partial charge in [-0.25, -0.2) is 9.65 Å². The predicted octanol–water partition coefficient (Wildman–Crippen LogP) is 11.8. The number of nitrogens with one attached hydrogen (secondary N) is 2. The Kier molecular flexibility index (Phi) is 16.2. The summed E-state index contributed by atoms with van der Waals surface area (Å²) >= 11 is 0. The van der Waals surface area contributed by atoms with Crippen molar-refractivity contribution in [2.24, 2.45) is 5.92 Å². The number of benzene rings is 7. The molecule has 0 saturated carbocycles. The number of rotatable bonds is 22. The molecular formula is C61H64N7O9P. The number of imidazole rings is 1. The molecule has 5 atom stereocenters. The minimum atomic E-state index is -1.92. The molecule has 0 aliphatic carbocycles. The molecule has 17 heteroatoms. The number of aromatic amines is 1. The molecule has 0 radical (unpaired) electrons. The molecule has 78 heavy (non-hydrogen) atoms. The molecule has 1 saturated heterocycles. The van der Waals surface area contributed by atoms with Crippen LogP contribution in [-0.2, 0) is 40.3 Å². The zero-order valence-corrected chi connectivity index (χ0v) is 45.9. The summed E-state index contributed by atoms with van der Waals surface area (Å²) in [5, 5.41) is 19.3. The third-order valence-electron chi connectivity index (χ3n) is 14.3. The normalized spacial score (nSPS) is 17.3. The lowest BCUT2D eigenvalue weighted by Crippen LogP contribution is -2.43. The van der Waals surface area contributed by atoms with Gasteiger partial charge < -0.3 is 32.7 Å². The van der Waals surface area contributed by atoms with Gasteiger partial charge >= 0.3 is 0 Å². The highest BCUT2D eigenvalue weighted by Crippen LogP contribution is 2.52. The van der Waals surface area contributed by atoms with Crippen LogP contribution in [0.1, 0.15) is 76.4 Å². The van der Waals surface area contributed by atoms with Crippen molar-refractivity contribution in [2.75, 3.05) is 32.8 Å². The Hall–Kier alpha value is -7.32. The highest BCUT2D eigenvalue weighted by Gasteiger charge is 2.52. The van der Waals surface area contributed by atoms with E-state index in [1.807, 2.05) is 78.9 Å². The van der Waals surface area contributed by atoms with Gasteiger partial charge in [-0.3, -0.25) is 24.5 Å². The molecule has 3 heterocycles. The van der Waals surface area contributed by atoms with Gasteiger partial charge in [0, 0.05) is 18.0 Å². The predicted molar refractivity (Wildman–Crippen MR) is 303 cm³/mol. The molecule has 1 aliphatic heterocycles. The number of anilines is 1. The summed E-state index contributed by atoms with van der Waals surface area (Å²) in [4.78, 5) is 39.0. The fourth-order valence-corrected chi connectivity index (χ4v) is 12.4. The van der Waals surface area contributed by atoms with Crippen LogP contribution in [0, 0.1) is 17.2 Å². The lowest BCUT2D eigenvalue weighted by Gasteiger charge is -2.39. The molecule has 1 aliphatic rings. The SMILES string of the molecule is COc1ccc(C(OC[C@H]2O[C@@H](n3cnc4c(=O)[nH]c(NC(=O)C(C)C)nc43)[C@H](OCc3ccc4ccc5cccc6ccc3c4c56)[C@@H]2OP(OCCC#N)N(C(C)C)C(C)C)(c2ccccc2)c2ccc(OC)cc2)cc1. The largest absolute Gasteiger partial charge is 0.497 e.